The van der Waals surface area contributed by atoms with Gasteiger partial charge in [-0.3, -0.25) is 0 Å². The minimum absolute atomic E-state index is 0.207. The Morgan fingerprint density at radius 3 is 2.73 bits per heavy atom. The molecule has 2 aromatic carbocycles. The summed E-state index contributed by atoms with van der Waals surface area (Å²) in [4.78, 5) is 10.8. The first-order chi connectivity index (χ1) is 12.7. The lowest BCUT2D eigenvalue weighted by Crippen LogP contribution is -2.21. The van der Waals surface area contributed by atoms with Crippen LogP contribution in [0.4, 0.5) is 5.69 Å². The molecule has 5 nitrogen and oxygen atoms in total. The molecule has 26 heavy (non-hydrogen) atoms. The number of H-pyrrole nitrogens is 1. The predicted molar refractivity (Wildman–Crippen MR) is 107 cm³/mol. The number of oxime groups is 1. The van der Waals surface area contributed by atoms with Crippen molar-refractivity contribution >= 4 is 22.8 Å². The lowest BCUT2D eigenvalue weighted by Gasteiger charge is -2.21. The average molecular weight is 351 g/mol. The third-order valence-electron chi connectivity index (χ3n) is 4.55. The maximum atomic E-state index is 10.2. The van der Waals surface area contributed by atoms with Crippen LogP contribution in [0.3, 0.4) is 0 Å². The van der Waals surface area contributed by atoms with Crippen LogP contribution in [0.15, 0.2) is 53.8 Å². The van der Waals surface area contributed by atoms with Crippen molar-refractivity contribution in [3.8, 4) is 5.75 Å². The van der Waals surface area contributed by atoms with Gasteiger partial charge < -0.3 is 19.8 Å². The van der Waals surface area contributed by atoms with Crippen molar-refractivity contribution in [2.24, 2.45) is 5.16 Å². The van der Waals surface area contributed by atoms with E-state index >= 15 is 0 Å². The molecular weight excluding hydrogens is 326 g/mol. The van der Waals surface area contributed by atoms with Gasteiger partial charge in [-0.1, -0.05) is 23.4 Å². The molecule has 5 heteroatoms. The first kappa shape index (κ1) is 17.9. The molecule has 1 heterocycles. The van der Waals surface area contributed by atoms with E-state index in [-0.39, 0.29) is 5.75 Å². The van der Waals surface area contributed by atoms with Crippen LogP contribution in [0.25, 0.3) is 10.9 Å². The number of aromatic nitrogens is 1. The summed E-state index contributed by atoms with van der Waals surface area (Å²) in [5.74, 6) is 0.207. The van der Waals surface area contributed by atoms with Crippen LogP contribution in [0.1, 0.15) is 25.0 Å². The van der Waals surface area contributed by atoms with Crippen LogP contribution < -0.4 is 4.90 Å². The molecule has 0 atom stereocenters. The van der Waals surface area contributed by atoms with Gasteiger partial charge in [0.05, 0.1) is 6.21 Å². The van der Waals surface area contributed by atoms with Gasteiger partial charge in [0.15, 0.2) is 0 Å². The zero-order valence-electron chi connectivity index (χ0n) is 15.3. The van der Waals surface area contributed by atoms with E-state index in [1.54, 1.807) is 12.3 Å². The molecule has 0 spiro atoms. The van der Waals surface area contributed by atoms with Crippen LogP contribution >= 0.6 is 0 Å². The smallest absolute Gasteiger partial charge is 0.126 e. The summed E-state index contributed by atoms with van der Waals surface area (Å²) < 4.78 is 0. The molecule has 0 amide bonds. The second kappa shape index (κ2) is 8.43. The molecule has 0 aliphatic heterocycles. The maximum Gasteiger partial charge on any atom is 0.126 e. The Kier molecular flexibility index (Phi) is 5.79. The molecule has 0 aliphatic carbocycles. The number of rotatable bonds is 8. The second-order valence-corrected chi connectivity index (χ2v) is 6.09. The molecule has 3 rings (SSSR count). The van der Waals surface area contributed by atoms with Crippen LogP contribution in [0.2, 0.25) is 0 Å². The van der Waals surface area contributed by atoms with Crippen molar-refractivity contribution in [3.63, 3.8) is 0 Å². The summed E-state index contributed by atoms with van der Waals surface area (Å²) in [6.45, 7) is 6.48. The van der Waals surface area contributed by atoms with E-state index in [0.29, 0.717) is 12.2 Å². The number of para-hydroxylation sites is 1. The molecule has 2 N–H and O–H groups in total. The van der Waals surface area contributed by atoms with Crippen LogP contribution in [0.5, 0.6) is 5.75 Å². The van der Waals surface area contributed by atoms with Gasteiger partial charge in [0, 0.05) is 53.9 Å². The number of aromatic amines is 1. The highest BCUT2D eigenvalue weighted by Crippen LogP contribution is 2.23. The first-order valence-corrected chi connectivity index (χ1v) is 9.01. The number of hydrogen-bond donors (Lipinski definition) is 2. The quantitative estimate of drug-likeness (QED) is 0.361. The van der Waals surface area contributed by atoms with E-state index in [9.17, 15) is 5.11 Å². The SMILES string of the molecule is CCN(CC)c1ccc(/C=N/OCCc2c[nH]c3ccccc23)c(O)c1. The van der Waals surface area contributed by atoms with Crippen LogP contribution in [-0.4, -0.2) is 36.0 Å². The fourth-order valence-electron chi connectivity index (χ4n) is 3.07. The summed E-state index contributed by atoms with van der Waals surface area (Å²) in [6.07, 6.45) is 4.33. The molecule has 1 aromatic heterocycles. The van der Waals surface area contributed by atoms with Gasteiger partial charge in [0.25, 0.3) is 0 Å². The van der Waals surface area contributed by atoms with Crippen LogP contribution in [0, 0.1) is 0 Å². The number of anilines is 1. The van der Waals surface area contributed by atoms with Gasteiger partial charge in [0.1, 0.15) is 12.4 Å². The number of aromatic hydroxyl groups is 1. The number of nitrogens with one attached hydrogen (secondary N) is 1. The number of hydrogen-bond acceptors (Lipinski definition) is 4. The Labute approximate surface area is 153 Å². The summed E-state index contributed by atoms with van der Waals surface area (Å²) in [5.41, 5.74) is 3.99. The van der Waals surface area contributed by atoms with E-state index in [1.165, 1.54) is 10.9 Å². The monoisotopic (exact) mass is 351 g/mol. The highest BCUT2D eigenvalue weighted by atomic mass is 16.6. The van der Waals surface area contributed by atoms with Gasteiger partial charge in [-0.25, -0.2) is 0 Å². The van der Waals surface area contributed by atoms with Crippen molar-refractivity contribution < 1.29 is 9.94 Å². The zero-order valence-corrected chi connectivity index (χ0v) is 15.3. The van der Waals surface area contributed by atoms with Crippen molar-refractivity contribution in [1.82, 2.24) is 4.98 Å². The molecule has 3 aromatic rings. The van der Waals surface area contributed by atoms with Crippen molar-refractivity contribution in [2.45, 2.75) is 20.3 Å². The molecule has 0 saturated carbocycles. The van der Waals surface area contributed by atoms with E-state index in [4.69, 9.17) is 4.84 Å². The van der Waals surface area contributed by atoms with Gasteiger partial charge in [-0.2, -0.15) is 0 Å². The molecule has 0 unspecified atom stereocenters. The van der Waals surface area contributed by atoms with Crippen molar-refractivity contribution in [1.29, 1.82) is 0 Å². The third-order valence-corrected chi connectivity index (χ3v) is 4.55. The Morgan fingerprint density at radius 1 is 1.15 bits per heavy atom. The summed E-state index contributed by atoms with van der Waals surface area (Å²) >= 11 is 0. The summed E-state index contributed by atoms with van der Waals surface area (Å²) in [5, 5.41) is 15.4. The second-order valence-electron chi connectivity index (χ2n) is 6.09. The minimum Gasteiger partial charge on any atom is -0.507 e. The number of nitrogens with zero attached hydrogens (tertiary/aromatic N) is 2. The number of phenols is 1. The number of fused-ring (bicyclic) bond motifs is 1. The number of phenolic OH excluding ortho intramolecular Hbond substituents is 1. The predicted octanol–water partition coefficient (Wildman–Crippen LogP) is 4.31. The molecule has 0 fully saturated rings. The fraction of sp³-hybridized carbons (Fsp3) is 0.286. The zero-order chi connectivity index (χ0) is 18.4. The summed E-state index contributed by atoms with van der Waals surface area (Å²) in [6, 6.07) is 13.8. The molecular formula is C21H25N3O2. The van der Waals surface area contributed by atoms with Crippen molar-refractivity contribution in [2.75, 3.05) is 24.6 Å². The highest BCUT2D eigenvalue weighted by molar-refractivity contribution is 5.84. The summed E-state index contributed by atoms with van der Waals surface area (Å²) in [7, 11) is 0. The van der Waals surface area contributed by atoms with E-state index in [2.05, 4.69) is 41.0 Å². The number of benzene rings is 2. The normalized spacial score (nSPS) is 11.3. The van der Waals surface area contributed by atoms with Crippen molar-refractivity contribution in [3.05, 3.63) is 59.8 Å². The topological polar surface area (TPSA) is 60.8 Å². The third kappa shape index (κ3) is 3.99. The molecule has 0 saturated heterocycles. The lowest BCUT2D eigenvalue weighted by atomic mass is 10.1. The standard InChI is InChI=1S/C21H25N3O2/c1-3-24(4-2)18-10-9-17(21(25)13-18)15-23-26-12-11-16-14-22-20-8-6-5-7-19(16)20/h5-10,13-15,22,25H,3-4,11-12H2,1-2H3/b23-15+. The Bertz CT molecular complexity index is 882. The Hall–Kier alpha value is -2.95. The fourth-order valence-corrected chi connectivity index (χ4v) is 3.07. The molecule has 136 valence electrons. The Morgan fingerprint density at radius 2 is 1.96 bits per heavy atom. The maximum absolute atomic E-state index is 10.2. The van der Waals surface area contributed by atoms with E-state index in [1.807, 2.05) is 30.5 Å². The minimum atomic E-state index is 0.207. The lowest BCUT2D eigenvalue weighted by molar-refractivity contribution is 0.149. The van der Waals surface area contributed by atoms with Gasteiger partial charge in [-0.05, 0) is 37.6 Å². The van der Waals surface area contributed by atoms with Gasteiger partial charge in [0.2, 0.25) is 0 Å². The Balaban J connectivity index is 1.55. The molecule has 0 aliphatic rings. The highest BCUT2D eigenvalue weighted by Gasteiger charge is 2.06. The average Bonchev–Trinajstić information content (AvgIpc) is 3.07. The van der Waals surface area contributed by atoms with E-state index < -0.39 is 0 Å². The van der Waals surface area contributed by atoms with E-state index in [0.717, 1.165) is 30.7 Å². The molecule has 0 bridgehead atoms. The van der Waals surface area contributed by atoms with Crippen LogP contribution in [-0.2, 0) is 11.3 Å². The molecule has 0 radical (unpaired) electrons. The largest absolute Gasteiger partial charge is 0.507 e. The van der Waals surface area contributed by atoms with Gasteiger partial charge in [-0.15, -0.1) is 0 Å². The first-order valence-electron chi connectivity index (χ1n) is 9.01. The van der Waals surface area contributed by atoms with Gasteiger partial charge >= 0.3 is 0 Å².